The highest BCUT2D eigenvalue weighted by atomic mass is 35.5. The first-order valence-corrected chi connectivity index (χ1v) is 10.2. The number of nitrogens with one attached hydrogen (secondary N) is 3. The van der Waals surface area contributed by atoms with Crippen LogP contribution in [0.3, 0.4) is 0 Å². The summed E-state index contributed by atoms with van der Waals surface area (Å²) in [4.78, 5) is 24.1. The van der Waals surface area contributed by atoms with Crippen LogP contribution in [0.5, 0.6) is 0 Å². The third-order valence-electron chi connectivity index (χ3n) is 3.89. The van der Waals surface area contributed by atoms with Gasteiger partial charge in [0.25, 0.3) is 15.9 Å². The van der Waals surface area contributed by atoms with Gasteiger partial charge in [-0.2, -0.15) is 0 Å². The minimum Gasteiger partial charge on any atom is -0.352 e. The molecule has 0 aromatic heterocycles. The summed E-state index contributed by atoms with van der Waals surface area (Å²) in [5.41, 5.74) is 0.238. The van der Waals surface area contributed by atoms with Crippen molar-refractivity contribution in [2.75, 3.05) is 11.3 Å². The van der Waals surface area contributed by atoms with Gasteiger partial charge in [0.15, 0.2) is 0 Å². The van der Waals surface area contributed by atoms with Crippen LogP contribution in [0.15, 0.2) is 53.4 Å². The molecule has 0 atom stereocenters. The first-order chi connectivity index (χ1) is 12.8. The predicted molar refractivity (Wildman–Crippen MR) is 102 cm³/mol. The van der Waals surface area contributed by atoms with Gasteiger partial charge in [0.2, 0.25) is 5.91 Å². The summed E-state index contributed by atoms with van der Waals surface area (Å²) >= 11 is 5.78. The Labute approximate surface area is 162 Å². The molecule has 1 fully saturated rings. The zero-order valence-electron chi connectivity index (χ0n) is 14.2. The lowest BCUT2D eigenvalue weighted by molar-refractivity contribution is -0.120. The van der Waals surface area contributed by atoms with Crippen LogP contribution in [-0.2, 0) is 14.8 Å². The zero-order valence-corrected chi connectivity index (χ0v) is 15.8. The Morgan fingerprint density at radius 2 is 1.70 bits per heavy atom. The number of carbonyl (C=O) groups is 2. The van der Waals surface area contributed by atoms with Crippen molar-refractivity contribution in [3.8, 4) is 0 Å². The molecule has 0 unspecified atom stereocenters. The summed E-state index contributed by atoms with van der Waals surface area (Å²) in [6.45, 7) is -0.173. The summed E-state index contributed by atoms with van der Waals surface area (Å²) in [6, 6.07) is 12.1. The van der Waals surface area contributed by atoms with Gasteiger partial charge in [-0.1, -0.05) is 23.7 Å². The molecule has 2 aromatic rings. The molecule has 9 heteroatoms. The second kappa shape index (κ2) is 7.98. The van der Waals surface area contributed by atoms with E-state index in [-0.39, 0.29) is 34.6 Å². The molecule has 0 spiro atoms. The van der Waals surface area contributed by atoms with Crippen LogP contribution in [0, 0.1) is 0 Å². The molecule has 0 bridgehead atoms. The standard InChI is InChI=1S/C18H18ClN3O4S/c19-12-5-9-14(10-6-12)27(25,26)22-16-4-2-1-3-15(16)18(24)20-11-17(23)21-13-7-8-13/h1-6,9-10,13,22H,7-8,11H2,(H,20,24)(H,21,23). The Morgan fingerprint density at radius 3 is 2.37 bits per heavy atom. The Bertz CT molecular complexity index is 957. The largest absolute Gasteiger partial charge is 0.352 e. The Hall–Kier alpha value is -2.58. The van der Waals surface area contributed by atoms with E-state index in [0.29, 0.717) is 5.02 Å². The molecule has 27 heavy (non-hydrogen) atoms. The number of halogens is 1. The smallest absolute Gasteiger partial charge is 0.261 e. The lowest BCUT2D eigenvalue weighted by Crippen LogP contribution is -2.38. The minimum atomic E-state index is -3.89. The number of benzene rings is 2. The second-order valence-corrected chi connectivity index (χ2v) is 8.25. The fourth-order valence-corrected chi connectivity index (χ4v) is 3.56. The van der Waals surface area contributed by atoms with Crippen LogP contribution in [0.25, 0.3) is 0 Å². The molecule has 3 rings (SSSR count). The maximum Gasteiger partial charge on any atom is 0.261 e. The van der Waals surface area contributed by atoms with Crippen LogP contribution in [0.4, 0.5) is 5.69 Å². The third-order valence-corrected chi connectivity index (χ3v) is 5.53. The minimum absolute atomic E-state index is 0.0194. The van der Waals surface area contributed by atoms with Crippen LogP contribution < -0.4 is 15.4 Å². The monoisotopic (exact) mass is 407 g/mol. The third kappa shape index (κ3) is 5.21. The van der Waals surface area contributed by atoms with Crippen LogP contribution in [0.2, 0.25) is 5.02 Å². The molecule has 1 aliphatic carbocycles. The highest BCUT2D eigenvalue weighted by Gasteiger charge is 2.24. The second-order valence-electron chi connectivity index (χ2n) is 6.13. The van der Waals surface area contributed by atoms with E-state index in [1.165, 1.54) is 36.4 Å². The topological polar surface area (TPSA) is 104 Å². The molecule has 0 saturated heterocycles. The van der Waals surface area contributed by atoms with Crippen molar-refractivity contribution >= 4 is 39.1 Å². The van der Waals surface area contributed by atoms with Gasteiger partial charge in [0.05, 0.1) is 22.7 Å². The van der Waals surface area contributed by atoms with Gasteiger partial charge in [-0.3, -0.25) is 14.3 Å². The maximum absolute atomic E-state index is 12.5. The fraction of sp³-hybridized carbons (Fsp3) is 0.222. The molecular formula is C18H18ClN3O4S. The average molecular weight is 408 g/mol. The van der Waals surface area contributed by atoms with Gasteiger partial charge >= 0.3 is 0 Å². The molecule has 0 aliphatic heterocycles. The Kier molecular flexibility index (Phi) is 5.67. The molecule has 0 heterocycles. The maximum atomic E-state index is 12.5. The quantitative estimate of drug-likeness (QED) is 0.654. The molecular weight excluding hydrogens is 390 g/mol. The van der Waals surface area contributed by atoms with E-state index in [2.05, 4.69) is 15.4 Å². The van der Waals surface area contributed by atoms with Gasteiger partial charge in [-0.05, 0) is 49.2 Å². The lowest BCUT2D eigenvalue weighted by Gasteiger charge is -2.13. The number of amides is 2. The molecule has 1 aliphatic rings. The summed E-state index contributed by atoms with van der Waals surface area (Å²) in [5, 5.41) is 5.68. The highest BCUT2D eigenvalue weighted by molar-refractivity contribution is 7.92. The van der Waals surface area contributed by atoms with E-state index in [9.17, 15) is 18.0 Å². The highest BCUT2D eigenvalue weighted by Crippen LogP contribution is 2.21. The fourth-order valence-electron chi connectivity index (χ4n) is 2.35. The van der Waals surface area contributed by atoms with E-state index < -0.39 is 15.9 Å². The molecule has 2 aromatic carbocycles. The first-order valence-electron chi connectivity index (χ1n) is 8.30. The number of carbonyl (C=O) groups excluding carboxylic acids is 2. The molecule has 2 amide bonds. The van der Waals surface area contributed by atoms with Crippen molar-refractivity contribution in [2.45, 2.75) is 23.8 Å². The summed E-state index contributed by atoms with van der Waals surface area (Å²) in [5.74, 6) is -0.819. The molecule has 7 nitrogen and oxygen atoms in total. The number of hydrogen-bond donors (Lipinski definition) is 3. The number of anilines is 1. The predicted octanol–water partition coefficient (Wildman–Crippen LogP) is 2.15. The van der Waals surface area contributed by atoms with Crippen LogP contribution in [0.1, 0.15) is 23.2 Å². The molecule has 3 N–H and O–H groups in total. The number of sulfonamides is 1. The van der Waals surface area contributed by atoms with Gasteiger partial charge in [0, 0.05) is 11.1 Å². The van der Waals surface area contributed by atoms with Crippen LogP contribution >= 0.6 is 11.6 Å². The number of para-hydroxylation sites is 1. The SMILES string of the molecule is O=C(CNC(=O)c1ccccc1NS(=O)(=O)c1ccc(Cl)cc1)NC1CC1. The van der Waals surface area contributed by atoms with Gasteiger partial charge in [-0.15, -0.1) is 0 Å². The van der Waals surface area contributed by atoms with Crippen molar-refractivity contribution in [2.24, 2.45) is 0 Å². The first kappa shape index (κ1) is 19.2. The van der Waals surface area contributed by atoms with E-state index in [4.69, 9.17) is 11.6 Å². The summed E-state index contributed by atoms with van der Waals surface area (Å²) in [7, 11) is -3.89. The van der Waals surface area contributed by atoms with Crippen molar-refractivity contribution in [1.29, 1.82) is 0 Å². The summed E-state index contributed by atoms with van der Waals surface area (Å²) < 4.78 is 27.5. The Balaban J connectivity index is 1.71. The van der Waals surface area contributed by atoms with E-state index in [1.807, 2.05) is 0 Å². The Morgan fingerprint density at radius 1 is 1.04 bits per heavy atom. The van der Waals surface area contributed by atoms with Crippen molar-refractivity contribution < 1.29 is 18.0 Å². The normalized spacial score (nSPS) is 13.7. The van der Waals surface area contributed by atoms with E-state index in [0.717, 1.165) is 12.8 Å². The lowest BCUT2D eigenvalue weighted by atomic mass is 10.1. The van der Waals surface area contributed by atoms with E-state index >= 15 is 0 Å². The van der Waals surface area contributed by atoms with Crippen molar-refractivity contribution in [3.63, 3.8) is 0 Å². The van der Waals surface area contributed by atoms with Crippen molar-refractivity contribution in [1.82, 2.24) is 10.6 Å². The van der Waals surface area contributed by atoms with Crippen LogP contribution in [-0.4, -0.2) is 32.8 Å². The summed E-state index contributed by atoms with van der Waals surface area (Å²) in [6.07, 6.45) is 1.91. The van der Waals surface area contributed by atoms with Gasteiger partial charge in [-0.25, -0.2) is 8.42 Å². The average Bonchev–Trinajstić information content (AvgIpc) is 3.44. The molecule has 1 saturated carbocycles. The number of hydrogen-bond acceptors (Lipinski definition) is 4. The molecule has 142 valence electrons. The number of rotatable bonds is 7. The van der Waals surface area contributed by atoms with Gasteiger partial charge in [0.1, 0.15) is 0 Å². The van der Waals surface area contributed by atoms with E-state index in [1.54, 1.807) is 12.1 Å². The van der Waals surface area contributed by atoms with Crippen molar-refractivity contribution in [3.05, 3.63) is 59.1 Å². The van der Waals surface area contributed by atoms with Gasteiger partial charge < -0.3 is 10.6 Å². The zero-order chi connectivity index (χ0) is 19.4. The molecule has 0 radical (unpaired) electrons.